The maximum Gasteiger partial charge on any atom is 0.472 e. The van der Waals surface area contributed by atoms with Crippen LogP contribution in [-0.2, 0) is 23.6 Å². The topological polar surface area (TPSA) is 91.4 Å². The van der Waals surface area contributed by atoms with Crippen molar-refractivity contribution in [3.05, 3.63) is 0 Å². The number of phosphoric acid groups is 1. The maximum atomic E-state index is 13.0. The quantitative estimate of drug-likeness (QED) is 0.127. The molecule has 1 N–H and O–H groups in total. The fourth-order valence-electron chi connectivity index (χ4n) is 5.51. The van der Waals surface area contributed by atoms with Crippen molar-refractivity contribution in [2.75, 3.05) is 33.4 Å². The molecule has 37 heavy (non-hydrogen) atoms. The van der Waals surface area contributed by atoms with E-state index in [2.05, 4.69) is 11.8 Å². The summed E-state index contributed by atoms with van der Waals surface area (Å²) in [6, 6.07) is 0. The Bertz CT molecular complexity index is 659. The second-order valence-corrected chi connectivity index (χ2v) is 13.4. The molecule has 2 fully saturated rings. The van der Waals surface area contributed by atoms with E-state index in [0.717, 1.165) is 77.3 Å². The SMILES string of the molecule is CCCCCCC1(CCCCCCCCCCCOP(=O)(O)OC2CCN(C)CC2)OCC(C)(C)N1[O]. The molecule has 219 valence electrons. The summed E-state index contributed by atoms with van der Waals surface area (Å²) >= 11 is 0. The molecule has 9 heteroatoms. The highest BCUT2D eigenvalue weighted by atomic mass is 31.2. The predicted molar refractivity (Wildman–Crippen MR) is 148 cm³/mol. The van der Waals surface area contributed by atoms with Crippen LogP contribution in [0.15, 0.2) is 0 Å². The van der Waals surface area contributed by atoms with E-state index in [9.17, 15) is 14.7 Å². The summed E-state index contributed by atoms with van der Waals surface area (Å²) in [7, 11) is -1.89. The molecule has 2 atom stereocenters. The minimum Gasteiger partial charge on any atom is -0.356 e. The van der Waals surface area contributed by atoms with Crippen molar-refractivity contribution in [3.8, 4) is 0 Å². The van der Waals surface area contributed by atoms with E-state index in [1.807, 2.05) is 20.9 Å². The van der Waals surface area contributed by atoms with Gasteiger partial charge in [-0.1, -0.05) is 71.1 Å². The van der Waals surface area contributed by atoms with Gasteiger partial charge in [0.2, 0.25) is 0 Å². The third-order valence-corrected chi connectivity index (χ3v) is 9.02. The molecule has 2 rings (SSSR count). The molecular weight excluding hydrogens is 491 g/mol. The molecule has 2 saturated heterocycles. The van der Waals surface area contributed by atoms with Crippen molar-refractivity contribution in [3.63, 3.8) is 0 Å². The van der Waals surface area contributed by atoms with E-state index in [1.54, 1.807) is 0 Å². The Labute approximate surface area is 227 Å². The van der Waals surface area contributed by atoms with E-state index >= 15 is 0 Å². The van der Waals surface area contributed by atoms with Gasteiger partial charge < -0.3 is 14.5 Å². The monoisotopic (exact) mass is 547 g/mol. The second kappa shape index (κ2) is 16.9. The Morgan fingerprint density at radius 3 is 1.92 bits per heavy atom. The van der Waals surface area contributed by atoms with Gasteiger partial charge in [-0.2, -0.15) is 0 Å². The van der Waals surface area contributed by atoms with Gasteiger partial charge in [-0.15, -0.1) is 10.3 Å². The Morgan fingerprint density at radius 1 is 0.892 bits per heavy atom. The zero-order chi connectivity index (χ0) is 27.2. The van der Waals surface area contributed by atoms with Gasteiger partial charge >= 0.3 is 7.82 Å². The molecule has 0 saturated carbocycles. The summed E-state index contributed by atoms with van der Waals surface area (Å²) < 4.78 is 28.8. The van der Waals surface area contributed by atoms with E-state index < -0.39 is 19.1 Å². The van der Waals surface area contributed by atoms with Crippen LogP contribution >= 0.6 is 7.82 Å². The molecule has 2 heterocycles. The van der Waals surface area contributed by atoms with Crippen LogP contribution in [0.5, 0.6) is 0 Å². The highest BCUT2D eigenvalue weighted by Crippen LogP contribution is 2.46. The van der Waals surface area contributed by atoms with Crippen LogP contribution in [0.1, 0.15) is 130 Å². The maximum absolute atomic E-state index is 13.0. The first-order chi connectivity index (χ1) is 17.6. The van der Waals surface area contributed by atoms with Gasteiger partial charge in [0.05, 0.1) is 24.9 Å². The first-order valence-electron chi connectivity index (χ1n) is 15.1. The van der Waals surface area contributed by atoms with E-state index in [-0.39, 0.29) is 12.7 Å². The minimum absolute atomic E-state index is 0.180. The first-order valence-corrected chi connectivity index (χ1v) is 16.6. The molecule has 0 amide bonds. The number of hydrogen-bond acceptors (Lipinski definition) is 6. The molecule has 2 unspecified atom stereocenters. The molecule has 0 bridgehead atoms. The van der Waals surface area contributed by atoms with Crippen LogP contribution in [0, 0.1) is 0 Å². The summed E-state index contributed by atoms with van der Waals surface area (Å²) in [5, 5.41) is 14.3. The fourth-order valence-corrected chi connectivity index (χ4v) is 6.52. The van der Waals surface area contributed by atoms with Crippen LogP contribution in [0.3, 0.4) is 0 Å². The lowest BCUT2D eigenvalue weighted by Gasteiger charge is -2.35. The van der Waals surface area contributed by atoms with Crippen LogP contribution in [0.2, 0.25) is 0 Å². The standard InChI is InChI=1S/C28H56N2O6P/c1-5-6-7-15-20-28(30(31)27(2,3)25-34-28)21-16-13-11-9-8-10-12-14-17-24-35-37(32,33)36-26-18-22-29(4)23-19-26/h26H,5-25H2,1-4H3,(H,32,33). The van der Waals surface area contributed by atoms with Crippen molar-refractivity contribution >= 4 is 7.82 Å². The number of hydrogen-bond donors (Lipinski definition) is 1. The van der Waals surface area contributed by atoms with Crippen molar-refractivity contribution in [2.45, 2.75) is 147 Å². The normalized spacial score (nSPS) is 25.0. The highest BCUT2D eigenvalue weighted by molar-refractivity contribution is 7.47. The molecule has 0 aromatic heterocycles. The average Bonchev–Trinajstić information content (AvgIpc) is 3.08. The van der Waals surface area contributed by atoms with Crippen molar-refractivity contribution in [1.29, 1.82) is 0 Å². The van der Waals surface area contributed by atoms with Crippen molar-refractivity contribution in [2.24, 2.45) is 0 Å². The molecule has 0 aliphatic carbocycles. The summed E-state index contributed by atoms with van der Waals surface area (Å²) in [5.74, 6) is 0. The van der Waals surface area contributed by atoms with Gasteiger partial charge in [0.1, 0.15) is 5.72 Å². The average molecular weight is 548 g/mol. The molecule has 0 spiro atoms. The summed E-state index contributed by atoms with van der Waals surface area (Å²) in [6.45, 7) is 8.76. The van der Waals surface area contributed by atoms with Gasteiger partial charge in [0, 0.05) is 13.1 Å². The molecule has 2 aliphatic heterocycles. The predicted octanol–water partition coefficient (Wildman–Crippen LogP) is 7.24. The Balaban J connectivity index is 1.48. The smallest absolute Gasteiger partial charge is 0.356 e. The fraction of sp³-hybridized carbons (Fsp3) is 1.00. The lowest BCUT2D eigenvalue weighted by atomic mass is 9.95. The number of hydroxylamine groups is 2. The van der Waals surface area contributed by atoms with Gasteiger partial charge in [-0.25, -0.2) is 4.57 Å². The Hall–Kier alpha value is -0.0500. The number of likely N-dealkylation sites (tertiary alicyclic amines) is 1. The third-order valence-electron chi connectivity index (χ3n) is 7.95. The van der Waals surface area contributed by atoms with Crippen LogP contribution < -0.4 is 0 Å². The summed E-state index contributed by atoms with van der Waals surface area (Å²) in [6.07, 6.45) is 17.6. The van der Waals surface area contributed by atoms with E-state index in [4.69, 9.17) is 13.8 Å². The lowest BCUT2D eigenvalue weighted by molar-refractivity contribution is -0.296. The number of piperidine rings is 1. The Morgan fingerprint density at radius 2 is 1.41 bits per heavy atom. The van der Waals surface area contributed by atoms with Crippen LogP contribution in [0.25, 0.3) is 0 Å². The molecule has 1 radical (unpaired) electrons. The highest BCUT2D eigenvalue weighted by Gasteiger charge is 2.51. The summed E-state index contributed by atoms with van der Waals surface area (Å²) in [5.41, 5.74) is -1.04. The number of ether oxygens (including phenoxy) is 1. The zero-order valence-corrected chi connectivity index (χ0v) is 25.2. The largest absolute Gasteiger partial charge is 0.472 e. The van der Waals surface area contributed by atoms with Gasteiger partial charge in [0.15, 0.2) is 0 Å². The molecule has 0 aromatic carbocycles. The molecule has 8 nitrogen and oxygen atoms in total. The first kappa shape index (κ1) is 33.2. The summed E-state index contributed by atoms with van der Waals surface area (Å²) in [4.78, 5) is 12.1. The van der Waals surface area contributed by atoms with Crippen molar-refractivity contribution in [1.82, 2.24) is 9.96 Å². The number of nitrogens with zero attached hydrogens (tertiary/aromatic N) is 2. The molecular formula is C28H56N2O6P. The lowest BCUT2D eigenvalue weighted by Crippen LogP contribution is -2.49. The van der Waals surface area contributed by atoms with Crippen LogP contribution in [0.4, 0.5) is 0 Å². The molecule has 0 aromatic rings. The van der Waals surface area contributed by atoms with E-state index in [1.165, 1.54) is 50.0 Å². The number of rotatable bonds is 20. The number of unbranched alkanes of at least 4 members (excludes halogenated alkanes) is 11. The Kier molecular flexibility index (Phi) is 15.2. The minimum atomic E-state index is -3.94. The van der Waals surface area contributed by atoms with E-state index in [0.29, 0.717) is 6.61 Å². The van der Waals surface area contributed by atoms with Gasteiger partial charge in [-0.05, 0) is 65.8 Å². The van der Waals surface area contributed by atoms with Crippen LogP contribution in [-0.4, -0.2) is 65.6 Å². The second-order valence-electron chi connectivity index (χ2n) is 12.0. The van der Waals surface area contributed by atoms with Gasteiger partial charge in [-0.3, -0.25) is 9.05 Å². The van der Waals surface area contributed by atoms with Crippen molar-refractivity contribution < 1.29 is 28.5 Å². The number of phosphoric ester groups is 1. The van der Waals surface area contributed by atoms with Gasteiger partial charge in [0.25, 0.3) is 0 Å². The zero-order valence-electron chi connectivity index (χ0n) is 24.3. The third kappa shape index (κ3) is 12.3. The molecule has 2 aliphatic rings.